The van der Waals surface area contributed by atoms with Crippen molar-refractivity contribution in [2.45, 2.75) is 13.1 Å². The van der Waals surface area contributed by atoms with Crippen molar-refractivity contribution in [2.24, 2.45) is 0 Å². The van der Waals surface area contributed by atoms with Crippen LogP contribution < -0.4 is 4.74 Å². The van der Waals surface area contributed by atoms with Crippen molar-refractivity contribution in [3.63, 3.8) is 0 Å². The maximum absolute atomic E-state index is 12.5. The van der Waals surface area contributed by atoms with Crippen molar-refractivity contribution in [3.05, 3.63) is 34.9 Å². The van der Waals surface area contributed by atoms with E-state index in [9.17, 15) is 18.0 Å². The maximum atomic E-state index is 12.5. The number of methoxy groups -OCH3 is 1. The van der Waals surface area contributed by atoms with Gasteiger partial charge in [0.1, 0.15) is 5.75 Å². The number of rotatable bonds is 3. The second-order valence-corrected chi connectivity index (χ2v) is 3.59. The highest BCUT2D eigenvalue weighted by atomic mass is 19.4. The highest BCUT2D eigenvalue weighted by Gasteiger charge is 2.30. The van der Waals surface area contributed by atoms with Gasteiger partial charge in [-0.25, -0.2) is 4.79 Å². The van der Waals surface area contributed by atoms with Crippen molar-refractivity contribution in [1.82, 2.24) is 0 Å². The molecule has 0 aromatic heterocycles. The van der Waals surface area contributed by atoms with Crippen molar-refractivity contribution < 1.29 is 27.8 Å². The van der Waals surface area contributed by atoms with Crippen molar-refractivity contribution in [1.29, 1.82) is 0 Å². The molecule has 6 heteroatoms. The molecule has 1 rings (SSSR count). The molecule has 0 saturated carbocycles. The molecule has 0 bridgehead atoms. The Morgan fingerprint density at radius 3 is 2.44 bits per heavy atom. The SMILES string of the molecule is COc1ccc(C(F)(F)F)cc1/C=C(\C)C(=O)O. The Balaban J connectivity index is 3.31. The van der Waals surface area contributed by atoms with E-state index in [1.165, 1.54) is 14.0 Å². The summed E-state index contributed by atoms with van der Waals surface area (Å²) in [4.78, 5) is 10.7. The molecule has 0 fully saturated rings. The van der Waals surface area contributed by atoms with Crippen molar-refractivity contribution in [2.75, 3.05) is 7.11 Å². The van der Waals surface area contributed by atoms with Crippen LogP contribution in [0.4, 0.5) is 13.2 Å². The zero-order valence-corrected chi connectivity index (χ0v) is 9.71. The van der Waals surface area contributed by atoms with Gasteiger partial charge in [0, 0.05) is 11.1 Å². The molecule has 1 N–H and O–H groups in total. The topological polar surface area (TPSA) is 46.5 Å². The molecule has 3 nitrogen and oxygen atoms in total. The van der Waals surface area contributed by atoms with Gasteiger partial charge in [0.25, 0.3) is 0 Å². The summed E-state index contributed by atoms with van der Waals surface area (Å²) in [5.74, 6) is -1.02. The fraction of sp³-hybridized carbons (Fsp3) is 0.250. The van der Waals surface area contributed by atoms with Crippen LogP contribution in [0.25, 0.3) is 6.08 Å². The molecule has 0 atom stereocenters. The number of hydrogen-bond donors (Lipinski definition) is 1. The molecule has 0 aliphatic heterocycles. The lowest BCUT2D eigenvalue weighted by atomic mass is 10.1. The lowest BCUT2D eigenvalue weighted by Gasteiger charge is -2.10. The zero-order valence-electron chi connectivity index (χ0n) is 9.71. The molecule has 0 spiro atoms. The average molecular weight is 260 g/mol. The van der Waals surface area contributed by atoms with E-state index >= 15 is 0 Å². The molecule has 0 aliphatic rings. The third kappa shape index (κ3) is 3.26. The van der Waals surface area contributed by atoms with E-state index in [1.807, 2.05) is 0 Å². The van der Waals surface area contributed by atoms with Gasteiger partial charge in [0.05, 0.1) is 12.7 Å². The number of benzene rings is 1. The minimum absolute atomic E-state index is 0.0761. The molecule has 1 aromatic carbocycles. The van der Waals surface area contributed by atoms with Crippen LogP contribution in [0.2, 0.25) is 0 Å². The van der Waals surface area contributed by atoms with E-state index in [-0.39, 0.29) is 16.9 Å². The Kier molecular flexibility index (Phi) is 4.00. The molecule has 0 saturated heterocycles. The Bertz CT molecular complexity index is 490. The van der Waals surface area contributed by atoms with Crippen LogP contribution in [0.15, 0.2) is 23.8 Å². The van der Waals surface area contributed by atoms with Crippen LogP contribution in [0.5, 0.6) is 5.75 Å². The number of aliphatic carboxylic acids is 1. The van der Waals surface area contributed by atoms with Crippen LogP contribution in [0.1, 0.15) is 18.1 Å². The van der Waals surface area contributed by atoms with E-state index in [2.05, 4.69) is 0 Å². The number of ether oxygens (including phenoxy) is 1. The predicted molar refractivity (Wildman–Crippen MR) is 59.3 cm³/mol. The summed E-state index contributed by atoms with van der Waals surface area (Å²) in [7, 11) is 1.30. The van der Waals surface area contributed by atoms with Crippen molar-refractivity contribution in [3.8, 4) is 5.75 Å². The Morgan fingerprint density at radius 2 is 2.00 bits per heavy atom. The average Bonchev–Trinajstić information content (AvgIpc) is 2.27. The van der Waals surface area contributed by atoms with Gasteiger partial charge in [-0.15, -0.1) is 0 Å². The van der Waals surface area contributed by atoms with Gasteiger partial charge in [0.15, 0.2) is 0 Å². The third-order valence-corrected chi connectivity index (χ3v) is 2.27. The minimum Gasteiger partial charge on any atom is -0.496 e. The van der Waals surface area contributed by atoms with E-state index in [4.69, 9.17) is 9.84 Å². The zero-order chi connectivity index (χ0) is 13.9. The summed E-state index contributed by atoms with van der Waals surface area (Å²) in [5, 5.41) is 8.70. The predicted octanol–water partition coefficient (Wildman–Crippen LogP) is 3.20. The summed E-state index contributed by atoms with van der Waals surface area (Å²) < 4.78 is 42.5. The van der Waals surface area contributed by atoms with Gasteiger partial charge >= 0.3 is 12.1 Å². The molecule has 0 aliphatic carbocycles. The number of carboxylic acid groups (broad SMARTS) is 1. The summed E-state index contributed by atoms with van der Waals surface area (Å²) >= 11 is 0. The number of carbonyl (C=O) groups is 1. The van der Waals surface area contributed by atoms with Crippen LogP contribution in [0.3, 0.4) is 0 Å². The number of alkyl halides is 3. The van der Waals surface area contributed by atoms with E-state index in [1.54, 1.807) is 0 Å². The second-order valence-electron chi connectivity index (χ2n) is 3.59. The Hall–Kier alpha value is -1.98. The second kappa shape index (κ2) is 5.12. The maximum Gasteiger partial charge on any atom is 0.416 e. The first kappa shape index (κ1) is 14.1. The highest BCUT2D eigenvalue weighted by Crippen LogP contribution is 2.33. The smallest absolute Gasteiger partial charge is 0.416 e. The van der Waals surface area contributed by atoms with E-state index in [0.29, 0.717) is 0 Å². The first-order valence-electron chi connectivity index (χ1n) is 4.92. The lowest BCUT2D eigenvalue weighted by Crippen LogP contribution is -2.05. The molecule has 0 unspecified atom stereocenters. The van der Waals surface area contributed by atoms with Crippen LogP contribution in [-0.2, 0) is 11.0 Å². The fourth-order valence-electron chi connectivity index (χ4n) is 1.32. The Morgan fingerprint density at radius 1 is 1.39 bits per heavy atom. The minimum atomic E-state index is -4.48. The molecule has 0 heterocycles. The summed E-state index contributed by atoms with van der Waals surface area (Å²) in [5.41, 5.74) is -0.854. The van der Waals surface area contributed by atoms with Crippen LogP contribution >= 0.6 is 0 Å². The first-order chi connectivity index (χ1) is 8.25. The monoisotopic (exact) mass is 260 g/mol. The van der Waals surface area contributed by atoms with Gasteiger partial charge in [0.2, 0.25) is 0 Å². The third-order valence-electron chi connectivity index (χ3n) is 2.27. The number of halogens is 3. The molecule has 0 amide bonds. The lowest BCUT2D eigenvalue weighted by molar-refractivity contribution is -0.137. The standard InChI is InChI=1S/C12H11F3O3/c1-7(11(16)17)5-8-6-9(12(13,14)15)3-4-10(8)18-2/h3-6H,1-2H3,(H,16,17)/b7-5+. The van der Waals surface area contributed by atoms with E-state index in [0.717, 1.165) is 24.3 Å². The molecule has 18 heavy (non-hydrogen) atoms. The molecule has 0 radical (unpaired) electrons. The molecule has 1 aromatic rings. The van der Waals surface area contributed by atoms with Crippen molar-refractivity contribution >= 4 is 12.0 Å². The number of hydrogen-bond acceptors (Lipinski definition) is 2. The van der Waals surface area contributed by atoms with Crippen LogP contribution in [-0.4, -0.2) is 18.2 Å². The van der Waals surface area contributed by atoms with Gasteiger partial charge in [-0.05, 0) is 31.2 Å². The first-order valence-corrected chi connectivity index (χ1v) is 4.92. The quantitative estimate of drug-likeness (QED) is 0.849. The van der Waals surface area contributed by atoms with Gasteiger partial charge in [-0.3, -0.25) is 0 Å². The fourth-order valence-corrected chi connectivity index (χ4v) is 1.32. The highest BCUT2D eigenvalue weighted by molar-refractivity contribution is 5.91. The number of carboxylic acids is 1. The van der Waals surface area contributed by atoms with Gasteiger partial charge < -0.3 is 9.84 Å². The largest absolute Gasteiger partial charge is 0.496 e. The summed E-state index contributed by atoms with van der Waals surface area (Å²) in [6.45, 7) is 1.29. The molecule has 98 valence electrons. The molecular formula is C12H11F3O3. The van der Waals surface area contributed by atoms with Gasteiger partial charge in [-0.2, -0.15) is 13.2 Å². The summed E-state index contributed by atoms with van der Waals surface area (Å²) in [6, 6.07) is 2.89. The van der Waals surface area contributed by atoms with Gasteiger partial charge in [-0.1, -0.05) is 0 Å². The Labute approximate surface area is 101 Å². The summed E-state index contributed by atoms with van der Waals surface area (Å²) in [6.07, 6.45) is -3.34. The normalized spacial score (nSPS) is 12.4. The van der Waals surface area contributed by atoms with E-state index < -0.39 is 17.7 Å². The molecular weight excluding hydrogens is 249 g/mol. The van der Waals surface area contributed by atoms with Crippen LogP contribution in [0, 0.1) is 0 Å².